The highest BCUT2D eigenvalue weighted by molar-refractivity contribution is 7.99. The summed E-state index contributed by atoms with van der Waals surface area (Å²) >= 11 is 1.37. The Morgan fingerprint density at radius 3 is 2.79 bits per heavy atom. The van der Waals surface area contributed by atoms with E-state index < -0.39 is 0 Å². The van der Waals surface area contributed by atoms with Crippen LogP contribution in [0.25, 0.3) is 17.1 Å². The second-order valence-electron chi connectivity index (χ2n) is 6.52. The maximum absolute atomic E-state index is 12.6. The number of hydrogen-bond acceptors (Lipinski definition) is 7. The Bertz CT molecular complexity index is 994. The van der Waals surface area contributed by atoms with Crippen LogP contribution in [0.5, 0.6) is 5.75 Å². The number of ether oxygens (including phenoxy) is 2. The molecule has 3 aromatic rings. The molecule has 0 saturated carbocycles. The molecule has 29 heavy (non-hydrogen) atoms. The van der Waals surface area contributed by atoms with Crippen LogP contribution in [-0.4, -0.2) is 64.7 Å². The van der Waals surface area contributed by atoms with Gasteiger partial charge in [-0.2, -0.15) is 0 Å². The van der Waals surface area contributed by atoms with E-state index in [0.29, 0.717) is 37.3 Å². The van der Waals surface area contributed by atoms with Gasteiger partial charge in [-0.05, 0) is 25.1 Å². The van der Waals surface area contributed by atoms with Crippen molar-refractivity contribution in [3.63, 3.8) is 0 Å². The van der Waals surface area contributed by atoms with Gasteiger partial charge in [0.05, 0.1) is 43.6 Å². The third-order valence-electron chi connectivity index (χ3n) is 4.73. The van der Waals surface area contributed by atoms with Crippen LogP contribution in [0.3, 0.4) is 0 Å². The Kier molecular flexibility index (Phi) is 5.86. The van der Waals surface area contributed by atoms with Crippen molar-refractivity contribution < 1.29 is 18.7 Å². The minimum Gasteiger partial charge on any atom is -0.497 e. The number of benzene rings is 1. The van der Waals surface area contributed by atoms with Gasteiger partial charge in [0.15, 0.2) is 11.0 Å². The lowest BCUT2D eigenvalue weighted by atomic mass is 10.2. The van der Waals surface area contributed by atoms with Crippen molar-refractivity contribution in [2.75, 3.05) is 39.2 Å². The molecule has 1 saturated heterocycles. The number of nitrogens with zero attached hydrogens (tertiary/aromatic N) is 4. The van der Waals surface area contributed by atoms with Crippen molar-refractivity contribution >= 4 is 17.7 Å². The molecule has 0 unspecified atom stereocenters. The van der Waals surface area contributed by atoms with Crippen molar-refractivity contribution in [2.45, 2.75) is 12.1 Å². The highest BCUT2D eigenvalue weighted by atomic mass is 32.2. The lowest BCUT2D eigenvalue weighted by Crippen LogP contribution is -2.41. The summed E-state index contributed by atoms with van der Waals surface area (Å²) in [6, 6.07) is 9.52. The van der Waals surface area contributed by atoms with Crippen LogP contribution in [0.4, 0.5) is 0 Å². The number of morpholine rings is 1. The molecule has 1 aromatic carbocycles. The predicted octanol–water partition coefficient (Wildman–Crippen LogP) is 2.80. The highest BCUT2D eigenvalue weighted by Gasteiger charge is 2.22. The largest absolute Gasteiger partial charge is 0.497 e. The zero-order valence-corrected chi connectivity index (χ0v) is 17.1. The van der Waals surface area contributed by atoms with Gasteiger partial charge in [0.25, 0.3) is 0 Å². The van der Waals surface area contributed by atoms with E-state index >= 15 is 0 Å². The Morgan fingerprint density at radius 1 is 1.24 bits per heavy atom. The van der Waals surface area contributed by atoms with Gasteiger partial charge in [0.1, 0.15) is 11.5 Å². The summed E-state index contributed by atoms with van der Waals surface area (Å²) in [5, 5.41) is 9.38. The number of thioether (sulfide) groups is 1. The first kappa shape index (κ1) is 19.5. The summed E-state index contributed by atoms with van der Waals surface area (Å²) in [7, 11) is 1.63. The van der Waals surface area contributed by atoms with Crippen LogP contribution in [0, 0.1) is 6.92 Å². The molecule has 4 rings (SSSR count). The van der Waals surface area contributed by atoms with Crippen molar-refractivity contribution in [1.29, 1.82) is 0 Å². The van der Waals surface area contributed by atoms with Crippen molar-refractivity contribution in [3.8, 4) is 22.8 Å². The molecular weight excluding hydrogens is 392 g/mol. The number of furan rings is 1. The molecule has 1 aliphatic rings. The number of carbonyl (C=O) groups is 1. The molecule has 0 atom stereocenters. The molecule has 1 amide bonds. The molecule has 0 N–H and O–H groups in total. The summed E-state index contributed by atoms with van der Waals surface area (Å²) in [6.07, 6.45) is 1.63. The molecule has 0 bridgehead atoms. The Balaban J connectivity index is 1.65. The summed E-state index contributed by atoms with van der Waals surface area (Å²) in [5.74, 6) is 2.49. The average Bonchev–Trinajstić information content (AvgIpc) is 3.38. The first-order chi connectivity index (χ1) is 14.2. The van der Waals surface area contributed by atoms with E-state index in [2.05, 4.69) is 10.2 Å². The number of methoxy groups -OCH3 is 1. The second-order valence-corrected chi connectivity index (χ2v) is 7.46. The second kappa shape index (κ2) is 8.71. The third kappa shape index (κ3) is 4.15. The fraction of sp³-hybridized carbons (Fsp3) is 0.350. The molecule has 0 aliphatic carbocycles. The number of aryl methyl sites for hydroxylation is 1. The van der Waals surface area contributed by atoms with Crippen molar-refractivity contribution in [2.24, 2.45) is 0 Å². The number of carbonyl (C=O) groups excluding carboxylic acids is 1. The zero-order chi connectivity index (χ0) is 20.2. The number of amides is 1. The summed E-state index contributed by atoms with van der Waals surface area (Å²) in [4.78, 5) is 14.4. The predicted molar refractivity (Wildman–Crippen MR) is 108 cm³/mol. The van der Waals surface area contributed by atoms with Gasteiger partial charge >= 0.3 is 0 Å². The minimum atomic E-state index is 0.0690. The summed E-state index contributed by atoms with van der Waals surface area (Å²) < 4.78 is 18.1. The molecule has 1 aliphatic heterocycles. The van der Waals surface area contributed by atoms with Gasteiger partial charge in [0.2, 0.25) is 5.91 Å². The van der Waals surface area contributed by atoms with Gasteiger partial charge < -0.3 is 18.8 Å². The molecule has 152 valence electrons. The highest BCUT2D eigenvalue weighted by Crippen LogP contribution is 2.31. The van der Waals surface area contributed by atoms with E-state index in [1.807, 2.05) is 46.7 Å². The first-order valence-electron chi connectivity index (χ1n) is 9.30. The van der Waals surface area contributed by atoms with Crippen LogP contribution in [0.15, 0.2) is 46.2 Å². The van der Waals surface area contributed by atoms with Crippen molar-refractivity contribution in [1.82, 2.24) is 19.7 Å². The summed E-state index contributed by atoms with van der Waals surface area (Å²) in [6.45, 7) is 4.30. The average molecular weight is 414 g/mol. The molecular formula is C20H22N4O4S. The van der Waals surface area contributed by atoms with E-state index in [-0.39, 0.29) is 11.7 Å². The van der Waals surface area contributed by atoms with Crippen LogP contribution in [0.1, 0.15) is 5.76 Å². The number of rotatable bonds is 6. The maximum Gasteiger partial charge on any atom is 0.233 e. The monoisotopic (exact) mass is 414 g/mol. The molecule has 2 aromatic heterocycles. The number of hydrogen-bond donors (Lipinski definition) is 0. The number of aromatic nitrogens is 3. The normalized spacial score (nSPS) is 14.2. The fourth-order valence-electron chi connectivity index (χ4n) is 3.17. The smallest absolute Gasteiger partial charge is 0.233 e. The van der Waals surface area contributed by atoms with E-state index in [1.165, 1.54) is 11.8 Å². The van der Waals surface area contributed by atoms with Crippen LogP contribution < -0.4 is 4.74 Å². The quantitative estimate of drug-likeness (QED) is 0.574. The van der Waals surface area contributed by atoms with Gasteiger partial charge in [0, 0.05) is 19.2 Å². The molecule has 0 spiro atoms. The van der Waals surface area contributed by atoms with Gasteiger partial charge in [-0.3, -0.25) is 9.36 Å². The van der Waals surface area contributed by atoms with Crippen LogP contribution >= 0.6 is 11.8 Å². The Hall–Kier alpha value is -2.78. The first-order valence-corrected chi connectivity index (χ1v) is 10.3. The Morgan fingerprint density at radius 2 is 2.07 bits per heavy atom. The van der Waals surface area contributed by atoms with Gasteiger partial charge in [-0.15, -0.1) is 10.2 Å². The fourth-order valence-corrected chi connectivity index (χ4v) is 4.02. The van der Waals surface area contributed by atoms with E-state index in [9.17, 15) is 4.79 Å². The van der Waals surface area contributed by atoms with Crippen LogP contribution in [-0.2, 0) is 9.53 Å². The topological polar surface area (TPSA) is 82.6 Å². The van der Waals surface area contributed by atoms with E-state index in [1.54, 1.807) is 13.4 Å². The SMILES string of the molecule is COc1cccc(-n2c(SCC(=O)N3CCOCC3)nnc2-c2ccoc2C)c1. The molecule has 3 heterocycles. The molecule has 0 radical (unpaired) electrons. The standard InChI is InChI=1S/C20H22N4O4S/c1-14-17(6-9-28-14)19-21-22-20(24(19)15-4-3-5-16(12-15)26-2)29-13-18(25)23-7-10-27-11-8-23/h3-6,9,12H,7-8,10-11,13H2,1-2H3. The van der Waals surface area contributed by atoms with Gasteiger partial charge in [-0.1, -0.05) is 17.8 Å². The molecule has 9 heteroatoms. The van der Waals surface area contributed by atoms with E-state index in [0.717, 1.165) is 22.8 Å². The van der Waals surface area contributed by atoms with E-state index in [4.69, 9.17) is 13.9 Å². The third-order valence-corrected chi connectivity index (χ3v) is 5.65. The zero-order valence-electron chi connectivity index (χ0n) is 16.3. The van der Waals surface area contributed by atoms with Crippen LogP contribution in [0.2, 0.25) is 0 Å². The van der Waals surface area contributed by atoms with Gasteiger partial charge in [-0.25, -0.2) is 0 Å². The summed E-state index contributed by atoms with van der Waals surface area (Å²) in [5.41, 5.74) is 1.71. The molecule has 1 fully saturated rings. The maximum atomic E-state index is 12.6. The molecule has 8 nitrogen and oxygen atoms in total. The van der Waals surface area contributed by atoms with Crippen molar-refractivity contribution in [3.05, 3.63) is 42.4 Å². The lowest BCUT2D eigenvalue weighted by molar-refractivity contribution is -0.132. The Labute approximate surface area is 172 Å². The lowest BCUT2D eigenvalue weighted by Gasteiger charge is -2.26. The minimum absolute atomic E-state index is 0.0690.